The topological polar surface area (TPSA) is 75.9 Å². The van der Waals surface area contributed by atoms with Gasteiger partial charge in [-0.05, 0) is 12.1 Å². The fourth-order valence-electron chi connectivity index (χ4n) is 2.99. The lowest BCUT2D eigenvalue weighted by Crippen LogP contribution is -2.56. The molecule has 4 heterocycles. The summed E-state index contributed by atoms with van der Waals surface area (Å²) < 4.78 is 44.7. The molecule has 2 aliphatic rings. The van der Waals surface area contributed by atoms with Gasteiger partial charge in [-0.1, -0.05) is 0 Å². The van der Waals surface area contributed by atoms with Gasteiger partial charge in [-0.3, -0.25) is 4.79 Å². The Bertz CT molecular complexity index is 795. The predicted octanol–water partition coefficient (Wildman–Crippen LogP) is 0.438. The summed E-state index contributed by atoms with van der Waals surface area (Å²) in [7, 11) is 0. The molecule has 134 valence electrons. The molecular weight excluding hydrogens is 341 g/mol. The Balaban J connectivity index is 1.47. The second-order valence-electron chi connectivity index (χ2n) is 6.02. The van der Waals surface area contributed by atoms with Crippen LogP contribution in [-0.2, 0) is 15.7 Å². The van der Waals surface area contributed by atoms with E-state index in [0.717, 1.165) is 0 Å². The van der Waals surface area contributed by atoms with Crippen molar-refractivity contribution in [1.29, 1.82) is 0 Å². The number of halogens is 3. The van der Waals surface area contributed by atoms with Crippen molar-refractivity contribution in [2.75, 3.05) is 44.3 Å². The molecule has 2 aliphatic heterocycles. The quantitative estimate of drug-likeness (QED) is 0.777. The summed E-state index contributed by atoms with van der Waals surface area (Å²) in [5, 5.41) is 10.6. The molecule has 2 aromatic rings. The number of rotatable bonds is 2. The Hall–Kier alpha value is -2.43. The average Bonchev–Trinajstić information content (AvgIpc) is 2.97. The number of hydrogen-bond acceptors (Lipinski definition) is 6. The summed E-state index contributed by atoms with van der Waals surface area (Å²) in [6.45, 7) is 3.09. The average molecular weight is 356 g/mol. The normalized spacial score (nSPS) is 19.3. The molecule has 2 saturated heterocycles. The van der Waals surface area contributed by atoms with Gasteiger partial charge >= 0.3 is 6.18 Å². The van der Waals surface area contributed by atoms with Crippen LogP contribution >= 0.6 is 0 Å². The molecule has 0 aliphatic carbocycles. The maximum atomic E-state index is 12.9. The highest BCUT2D eigenvalue weighted by Crippen LogP contribution is 2.29. The summed E-state index contributed by atoms with van der Waals surface area (Å²) in [5.41, 5.74) is 0.0255. The maximum Gasteiger partial charge on any atom is 0.453 e. The van der Waals surface area contributed by atoms with Crippen LogP contribution in [0.25, 0.3) is 5.65 Å². The molecule has 4 rings (SSSR count). The molecule has 0 saturated carbocycles. The number of aromatic nitrogens is 4. The van der Waals surface area contributed by atoms with Gasteiger partial charge in [0.15, 0.2) is 5.65 Å². The Morgan fingerprint density at radius 1 is 1.16 bits per heavy atom. The van der Waals surface area contributed by atoms with Crippen LogP contribution in [0, 0.1) is 5.92 Å². The van der Waals surface area contributed by atoms with Crippen LogP contribution in [0.15, 0.2) is 12.1 Å². The molecule has 0 spiro atoms. The smallest absolute Gasteiger partial charge is 0.378 e. The van der Waals surface area contributed by atoms with Crippen molar-refractivity contribution in [3.8, 4) is 0 Å². The third-order valence-corrected chi connectivity index (χ3v) is 4.38. The number of nitrogens with zero attached hydrogens (tertiary/aromatic N) is 6. The molecule has 25 heavy (non-hydrogen) atoms. The van der Waals surface area contributed by atoms with Crippen LogP contribution < -0.4 is 4.90 Å². The summed E-state index contributed by atoms with van der Waals surface area (Å²) in [6, 6.07) is 3.02. The second kappa shape index (κ2) is 5.83. The molecule has 0 radical (unpaired) electrons. The van der Waals surface area contributed by atoms with Crippen LogP contribution in [-0.4, -0.2) is 70.0 Å². The van der Waals surface area contributed by atoms with Crippen molar-refractivity contribution in [2.24, 2.45) is 5.92 Å². The highest BCUT2D eigenvalue weighted by molar-refractivity contribution is 5.82. The van der Waals surface area contributed by atoms with Crippen LogP contribution in [0.2, 0.25) is 0 Å². The van der Waals surface area contributed by atoms with E-state index in [1.807, 2.05) is 0 Å². The van der Waals surface area contributed by atoms with E-state index >= 15 is 0 Å². The van der Waals surface area contributed by atoms with Crippen LogP contribution in [0.5, 0.6) is 0 Å². The molecular formula is C14H15F3N6O2. The molecule has 11 heteroatoms. The van der Waals surface area contributed by atoms with E-state index in [0.29, 0.717) is 49.7 Å². The zero-order valence-corrected chi connectivity index (χ0v) is 13.1. The Labute approximate surface area is 140 Å². The SMILES string of the molecule is O=C(C1CN(c2ccc3nnc(C(F)(F)F)n3n2)C1)N1CCOCC1. The first-order chi connectivity index (χ1) is 11.9. The molecule has 2 aromatic heterocycles. The number of amides is 1. The van der Waals surface area contributed by atoms with Crippen LogP contribution in [0.4, 0.5) is 19.0 Å². The third-order valence-electron chi connectivity index (χ3n) is 4.38. The van der Waals surface area contributed by atoms with Crippen molar-refractivity contribution in [2.45, 2.75) is 6.18 Å². The molecule has 1 amide bonds. The van der Waals surface area contributed by atoms with Crippen molar-refractivity contribution in [1.82, 2.24) is 24.7 Å². The summed E-state index contributed by atoms with van der Waals surface area (Å²) in [6.07, 6.45) is -4.63. The zero-order valence-electron chi connectivity index (χ0n) is 13.1. The number of morpholine rings is 1. The lowest BCUT2D eigenvalue weighted by Gasteiger charge is -2.41. The Morgan fingerprint density at radius 3 is 2.56 bits per heavy atom. The molecule has 0 unspecified atom stereocenters. The van der Waals surface area contributed by atoms with E-state index in [9.17, 15) is 18.0 Å². The van der Waals surface area contributed by atoms with E-state index < -0.39 is 12.0 Å². The van der Waals surface area contributed by atoms with E-state index in [4.69, 9.17) is 4.74 Å². The maximum absolute atomic E-state index is 12.9. The van der Waals surface area contributed by atoms with E-state index in [2.05, 4.69) is 15.3 Å². The lowest BCUT2D eigenvalue weighted by atomic mass is 9.98. The number of carbonyl (C=O) groups excluding carboxylic acids is 1. The van der Waals surface area contributed by atoms with Gasteiger partial charge in [-0.15, -0.1) is 15.3 Å². The van der Waals surface area contributed by atoms with Gasteiger partial charge in [0, 0.05) is 26.2 Å². The first-order valence-corrected chi connectivity index (χ1v) is 7.84. The van der Waals surface area contributed by atoms with Gasteiger partial charge < -0.3 is 14.5 Å². The minimum atomic E-state index is -4.63. The number of carbonyl (C=O) groups is 1. The largest absolute Gasteiger partial charge is 0.453 e. The minimum Gasteiger partial charge on any atom is -0.378 e. The number of hydrogen-bond donors (Lipinski definition) is 0. The predicted molar refractivity (Wildman–Crippen MR) is 78.9 cm³/mol. The summed E-state index contributed by atoms with van der Waals surface area (Å²) in [4.78, 5) is 15.9. The van der Waals surface area contributed by atoms with Gasteiger partial charge in [0.2, 0.25) is 5.91 Å². The summed E-state index contributed by atoms with van der Waals surface area (Å²) >= 11 is 0. The van der Waals surface area contributed by atoms with E-state index in [-0.39, 0.29) is 17.5 Å². The van der Waals surface area contributed by atoms with Crippen LogP contribution in [0.3, 0.4) is 0 Å². The number of anilines is 1. The number of fused-ring (bicyclic) bond motifs is 1. The third kappa shape index (κ3) is 2.88. The van der Waals surface area contributed by atoms with Gasteiger partial charge in [0.25, 0.3) is 5.82 Å². The fraction of sp³-hybridized carbons (Fsp3) is 0.571. The summed E-state index contributed by atoms with van der Waals surface area (Å²) in [5.74, 6) is -0.908. The molecule has 8 nitrogen and oxygen atoms in total. The van der Waals surface area contributed by atoms with Crippen molar-refractivity contribution in [3.63, 3.8) is 0 Å². The van der Waals surface area contributed by atoms with Gasteiger partial charge in [0.1, 0.15) is 5.82 Å². The number of alkyl halides is 3. The van der Waals surface area contributed by atoms with Gasteiger partial charge in [-0.2, -0.15) is 17.7 Å². The second-order valence-corrected chi connectivity index (χ2v) is 6.02. The highest BCUT2D eigenvalue weighted by atomic mass is 19.4. The van der Waals surface area contributed by atoms with Crippen molar-refractivity contribution < 1.29 is 22.7 Å². The number of ether oxygens (including phenoxy) is 1. The molecule has 2 fully saturated rings. The monoisotopic (exact) mass is 356 g/mol. The van der Waals surface area contributed by atoms with Crippen molar-refractivity contribution >= 4 is 17.4 Å². The highest BCUT2D eigenvalue weighted by Gasteiger charge is 2.39. The standard InChI is InChI=1S/C14H15F3N6O2/c15-14(16,17)13-19-18-10-1-2-11(20-23(10)13)22-7-9(8-22)12(24)21-3-5-25-6-4-21/h1-2,9H,3-8H2. The first kappa shape index (κ1) is 16.1. The Morgan fingerprint density at radius 2 is 1.88 bits per heavy atom. The van der Waals surface area contributed by atoms with Crippen LogP contribution in [0.1, 0.15) is 5.82 Å². The molecule has 0 aromatic carbocycles. The molecule has 0 bridgehead atoms. The van der Waals surface area contributed by atoms with Gasteiger partial charge in [0.05, 0.1) is 19.1 Å². The zero-order chi connectivity index (χ0) is 17.6. The first-order valence-electron chi connectivity index (χ1n) is 7.84. The Kier molecular flexibility index (Phi) is 3.74. The molecule has 0 N–H and O–H groups in total. The van der Waals surface area contributed by atoms with Crippen molar-refractivity contribution in [3.05, 3.63) is 18.0 Å². The fourth-order valence-corrected chi connectivity index (χ4v) is 2.99. The molecule has 0 atom stereocenters. The lowest BCUT2D eigenvalue weighted by molar-refractivity contribution is -0.146. The van der Waals surface area contributed by atoms with Gasteiger partial charge in [-0.25, -0.2) is 0 Å². The van der Waals surface area contributed by atoms with E-state index in [1.54, 1.807) is 15.9 Å². The minimum absolute atomic E-state index is 0.0255. The van der Waals surface area contributed by atoms with E-state index in [1.165, 1.54) is 6.07 Å².